The molecule has 0 aromatic rings. The summed E-state index contributed by atoms with van der Waals surface area (Å²) in [6, 6.07) is 0. The fourth-order valence-corrected chi connectivity index (χ4v) is 2.99. The minimum atomic E-state index is -4.24. The zero-order chi connectivity index (χ0) is 19.9. The highest BCUT2D eigenvalue weighted by molar-refractivity contribution is 7.80. The van der Waals surface area contributed by atoms with Crippen LogP contribution in [0.2, 0.25) is 0 Å². The van der Waals surface area contributed by atoms with Crippen molar-refractivity contribution < 1.29 is 21.9 Å². The van der Waals surface area contributed by atoms with Crippen molar-refractivity contribution in [3.8, 4) is 0 Å². The highest BCUT2D eigenvalue weighted by Crippen LogP contribution is 2.12. The summed E-state index contributed by atoms with van der Waals surface area (Å²) in [6.45, 7) is 8.01. The normalized spacial score (nSPS) is 11.2. The highest BCUT2D eigenvalue weighted by Gasteiger charge is 2.02. The Kier molecular flexibility index (Phi) is 24.7. The van der Waals surface area contributed by atoms with Crippen LogP contribution in [0.5, 0.6) is 0 Å². The van der Waals surface area contributed by atoms with Gasteiger partial charge in [-0.1, -0.05) is 90.4 Å². The maximum atomic E-state index is 10.3. The minimum Gasteiger partial charge on any atom is -0.382 e. The van der Waals surface area contributed by atoms with Crippen molar-refractivity contribution in [2.45, 2.75) is 111 Å². The molecule has 0 atom stereocenters. The minimum absolute atomic E-state index is 0.0941. The largest absolute Gasteiger partial charge is 0.397 e. The van der Waals surface area contributed by atoms with Crippen LogP contribution < -0.4 is 0 Å². The zero-order valence-electron chi connectivity index (χ0n) is 17.5. The average molecular weight is 397 g/mol. The molecule has 0 saturated carbocycles. The topological polar surface area (TPSA) is 72.8 Å². The van der Waals surface area contributed by atoms with Crippen molar-refractivity contribution >= 4 is 10.4 Å². The quantitative estimate of drug-likeness (QED) is 0.216. The first-order valence-electron chi connectivity index (χ1n) is 10.7. The second kappa shape index (κ2) is 22.9. The second-order valence-electron chi connectivity index (χ2n) is 6.63. The molecular formula is C20H44O5S. The zero-order valence-corrected chi connectivity index (χ0v) is 18.3. The van der Waals surface area contributed by atoms with Gasteiger partial charge >= 0.3 is 10.4 Å². The van der Waals surface area contributed by atoms with Crippen LogP contribution >= 0.6 is 0 Å². The van der Waals surface area contributed by atoms with E-state index in [0.29, 0.717) is 6.42 Å². The van der Waals surface area contributed by atoms with E-state index in [1.54, 1.807) is 0 Å². The summed E-state index contributed by atoms with van der Waals surface area (Å²) in [7, 11) is -4.24. The molecule has 160 valence electrons. The van der Waals surface area contributed by atoms with Crippen LogP contribution in [0.1, 0.15) is 111 Å². The lowest BCUT2D eigenvalue weighted by Crippen LogP contribution is -2.04. The maximum Gasteiger partial charge on any atom is 0.397 e. The number of rotatable bonds is 18. The van der Waals surface area contributed by atoms with Crippen LogP contribution in [0.15, 0.2) is 0 Å². The van der Waals surface area contributed by atoms with Gasteiger partial charge in [0.15, 0.2) is 0 Å². The summed E-state index contributed by atoms with van der Waals surface area (Å²) in [5.41, 5.74) is 0. The number of hydrogen-bond donors (Lipinski definition) is 1. The standard InChI is InChI=1S/C16H34O4S.C4H10O/c1-2-3-4-5-6-7-8-9-10-11-12-13-14-15-16-20-21(17,18)19;1-3-5-4-2/h2-16H2,1H3,(H,17,18,19);3-4H2,1-2H3. The van der Waals surface area contributed by atoms with Gasteiger partial charge in [0.05, 0.1) is 6.61 Å². The van der Waals surface area contributed by atoms with E-state index in [9.17, 15) is 8.42 Å². The summed E-state index contributed by atoms with van der Waals surface area (Å²) < 4.78 is 38.1. The van der Waals surface area contributed by atoms with Crippen molar-refractivity contribution in [1.29, 1.82) is 0 Å². The molecule has 0 aliphatic rings. The highest BCUT2D eigenvalue weighted by atomic mass is 32.3. The van der Waals surface area contributed by atoms with Gasteiger partial charge in [0.2, 0.25) is 0 Å². The van der Waals surface area contributed by atoms with E-state index in [1.807, 2.05) is 13.8 Å². The third-order valence-electron chi connectivity index (χ3n) is 4.14. The fourth-order valence-electron chi connectivity index (χ4n) is 2.66. The Labute approximate surface area is 163 Å². The van der Waals surface area contributed by atoms with E-state index in [0.717, 1.165) is 26.1 Å². The molecule has 5 nitrogen and oxygen atoms in total. The summed E-state index contributed by atoms with van der Waals surface area (Å²) in [5.74, 6) is 0. The van der Waals surface area contributed by atoms with Crippen molar-refractivity contribution in [1.82, 2.24) is 0 Å². The predicted octanol–water partition coefficient (Wildman–Crippen LogP) is 6.33. The van der Waals surface area contributed by atoms with Gasteiger partial charge < -0.3 is 4.74 Å². The first-order valence-corrected chi connectivity index (χ1v) is 12.0. The van der Waals surface area contributed by atoms with Crippen LogP contribution in [0.4, 0.5) is 0 Å². The lowest BCUT2D eigenvalue weighted by molar-refractivity contribution is 0.162. The van der Waals surface area contributed by atoms with E-state index in [1.165, 1.54) is 70.6 Å². The monoisotopic (exact) mass is 396 g/mol. The van der Waals surface area contributed by atoms with Gasteiger partial charge in [-0.25, -0.2) is 4.18 Å². The molecule has 0 bridgehead atoms. The summed E-state index contributed by atoms with van der Waals surface area (Å²) in [5, 5.41) is 0. The molecule has 1 N–H and O–H groups in total. The Balaban J connectivity index is 0. The van der Waals surface area contributed by atoms with Gasteiger partial charge in [0, 0.05) is 13.2 Å². The van der Waals surface area contributed by atoms with Crippen molar-refractivity contribution in [2.75, 3.05) is 19.8 Å². The molecular weight excluding hydrogens is 352 g/mol. The molecule has 0 aliphatic heterocycles. The molecule has 0 aromatic carbocycles. The van der Waals surface area contributed by atoms with E-state index < -0.39 is 10.4 Å². The summed E-state index contributed by atoms with van der Waals surface area (Å²) in [4.78, 5) is 0. The third kappa shape index (κ3) is 31.6. The molecule has 0 rings (SSSR count). The van der Waals surface area contributed by atoms with E-state index >= 15 is 0 Å². The first kappa shape index (κ1) is 28.0. The predicted molar refractivity (Wildman–Crippen MR) is 110 cm³/mol. The van der Waals surface area contributed by atoms with Crippen LogP contribution in [0.25, 0.3) is 0 Å². The molecule has 26 heavy (non-hydrogen) atoms. The Morgan fingerprint density at radius 1 is 0.615 bits per heavy atom. The Morgan fingerprint density at radius 3 is 1.23 bits per heavy atom. The molecule has 0 amide bonds. The van der Waals surface area contributed by atoms with Gasteiger partial charge in [0.25, 0.3) is 0 Å². The summed E-state index contributed by atoms with van der Waals surface area (Å²) in [6.07, 6.45) is 17.6. The Bertz CT molecular complexity index is 342. The third-order valence-corrected chi connectivity index (χ3v) is 4.60. The Hall–Kier alpha value is -0.170. The van der Waals surface area contributed by atoms with Crippen LogP contribution in [0, 0.1) is 0 Å². The second-order valence-corrected chi connectivity index (χ2v) is 7.72. The maximum absolute atomic E-state index is 10.3. The van der Waals surface area contributed by atoms with E-state index in [-0.39, 0.29) is 6.61 Å². The Morgan fingerprint density at radius 2 is 0.962 bits per heavy atom. The number of hydrogen-bond acceptors (Lipinski definition) is 4. The van der Waals surface area contributed by atoms with Crippen LogP contribution in [-0.2, 0) is 19.3 Å². The lowest BCUT2D eigenvalue weighted by atomic mass is 10.0. The molecule has 0 radical (unpaired) electrons. The van der Waals surface area contributed by atoms with Gasteiger partial charge in [-0.2, -0.15) is 8.42 Å². The molecule has 0 unspecified atom stereocenters. The van der Waals surface area contributed by atoms with E-state index in [2.05, 4.69) is 11.1 Å². The van der Waals surface area contributed by atoms with Crippen molar-refractivity contribution in [3.05, 3.63) is 0 Å². The van der Waals surface area contributed by atoms with Crippen LogP contribution in [0.3, 0.4) is 0 Å². The number of unbranched alkanes of at least 4 members (excludes halogenated alkanes) is 13. The van der Waals surface area contributed by atoms with Gasteiger partial charge in [-0.3, -0.25) is 4.55 Å². The molecule has 6 heteroatoms. The van der Waals surface area contributed by atoms with Gasteiger partial charge in [-0.15, -0.1) is 0 Å². The smallest absolute Gasteiger partial charge is 0.382 e. The van der Waals surface area contributed by atoms with Crippen molar-refractivity contribution in [3.63, 3.8) is 0 Å². The lowest BCUT2D eigenvalue weighted by Gasteiger charge is -2.03. The van der Waals surface area contributed by atoms with Crippen molar-refractivity contribution in [2.24, 2.45) is 0 Å². The average Bonchev–Trinajstić information content (AvgIpc) is 2.58. The molecule has 0 aromatic heterocycles. The summed E-state index contributed by atoms with van der Waals surface area (Å²) >= 11 is 0. The molecule has 0 heterocycles. The van der Waals surface area contributed by atoms with Gasteiger partial charge in [0.1, 0.15) is 0 Å². The fraction of sp³-hybridized carbons (Fsp3) is 1.00. The van der Waals surface area contributed by atoms with Crippen LogP contribution in [-0.4, -0.2) is 32.8 Å². The molecule has 0 fully saturated rings. The molecule has 0 spiro atoms. The molecule has 0 saturated heterocycles. The molecule has 0 aliphatic carbocycles. The number of ether oxygens (including phenoxy) is 1. The SMILES string of the molecule is CCCCCCCCCCCCCCCCOS(=O)(=O)O.CCOCC. The van der Waals surface area contributed by atoms with E-state index in [4.69, 9.17) is 9.29 Å². The van der Waals surface area contributed by atoms with Gasteiger partial charge in [-0.05, 0) is 20.3 Å². The first-order chi connectivity index (χ1) is 12.5.